The number of benzene rings is 1. The van der Waals surface area contributed by atoms with E-state index < -0.39 is 0 Å². The third-order valence-electron chi connectivity index (χ3n) is 6.10. The molecule has 0 unspecified atom stereocenters. The zero-order valence-electron chi connectivity index (χ0n) is 17.8. The van der Waals surface area contributed by atoms with Crippen LogP contribution in [-0.2, 0) is 17.6 Å². The van der Waals surface area contributed by atoms with Crippen LogP contribution < -0.4 is 10.2 Å². The highest BCUT2D eigenvalue weighted by atomic mass is 32.1. The number of fused-ring (bicyclic) bond motifs is 2. The van der Waals surface area contributed by atoms with Gasteiger partial charge in [0.15, 0.2) is 10.7 Å². The highest BCUT2D eigenvalue weighted by molar-refractivity contribution is 7.17. The molecule has 1 fully saturated rings. The van der Waals surface area contributed by atoms with Crippen LogP contribution >= 0.6 is 11.3 Å². The van der Waals surface area contributed by atoms with E-state index in [1.54, 1.807) is 11.3 Å². The maximum atomic E-state index is 12.9. The van der Waals surface area contributed by atoms with Gasteiger partial charge in [0.05, 0.1) is 5.69 Å². The quantitative estimate of drug-likeness (QED) is 0.690. The lowest BCUT2D eigenvalue weighted by atomic mass is 10.0. The van der Waals surface area contributed by atoms with Gasteiger partial charge in [0, 0.05) is 60.1 Å². The van der Waals surface area contributed by atoms with Crippen molar-refractivity contribution in [2.75, 3.05) is 18.0 Å². The molecule has 1 aliphatic carbocycles. The molecule has 0 bridgehead atoms. The maximum Gasteiger partial charge on any atom is 0.194 e. The summed E-state index contributed by atoms with van der Waals surface area (Å²) in [6, 6.07) is 7.61. The van der Waals surface area contributed by atoms with Gasteiger partial charge in [-0.25, -0.2) is 4.98 Å². The summed E-state index contributed by atoms with van der Waals surface area (Å²) in [4.78, 5) is 22.4. The van der Waals surface area contributed by atoms with E-state index in [-0.39, 0.29) is 5.78 Å². The average molecular weight is 421 g/mol. The second kappa shape index (κ2) is 7.67. The lowest BCUT2D eigenvalue weighted by Gasteiger charge is -2.38. The van der Waals surface area contributed by atoms with Gasteiger partial charge in [-0.15, -0.1) is 11.3 Å². The molecule has 156 valence electrons. The van der Waals surface area contributed by atoms with E-state index in [1.165, 1.54) is 16.1 Å². The van der Waals surface area contributed by atoms with Crippen LogP contribution in [0, 0.1) is 0 Å². The molecule has 1 N–H and O–H groups in total. The first-order valence-corrected chi connectivity index (χ1v) is 11.7. The molecule has 3 heterocycles. The molecular formula is C24H28N4OS. The van der Waals surface area contributed by atoms with Gasteiger partial charge in [-0.1, -0.05) is 13.0 Å². The van der Waals surface area contributed by atoms with Crippen LogP contribution in [0.4, 0.5) is 5.69 Å². The van der Waals surface area contributed by atoms with Gasteiger partial charge in [0.1, 0.15) is 0 Å². The molecule has 5 nitrogen and oxygen atoms in total. The molecule has 5 rings (SSSR count). The van der Waals surface area contributed by atoms with E-state index in [4.69, 9.17) is 4.98 Å². The van der Waals surface area contributed by atoms with Crippen LogP contribution in [0.5, 0.6) is 0 Å². The number of nitrogens with one attached hydrogen (secondary N) is 1. The maximum absolute atomic E-state index is 12.9. The number of aromatic nitrogens is 2. The normalized spacial score (nSPS) is 22.2. The summed E-state index contributed by atoms with van der Waals surface area (Å²) >= 11 is 1.69. The van der Waals surface area contributed by atoms with Gasteiger partial charge in [-0.05, 0) is 56.0 Å². The summed E-state index contributed by atoms with van der Waals surface area (Å²) in [7, 11) is 0. The molecule has 0 radical (unpaired) electrons. The Labute approximate surface area is 181 Å². The Hall–Kier alpha value is -2.44. The Morgan fingerprint density at radius 1 is 1.17 bits per heavy atom. The standard InChI is InChI=1S/C24H28N4OS/c1-4-20-13-28-14-22(26-24(28)30-20)21-10-18-5-7-19(9-17(18)6-8-23(21)29)27-11-15(2)25-16(3)12-27/h5,7,9-10,13-16,25H,4,6,8,11-12H2,1-3H3/t15-,16+. The Morgan fingerprint density at radius 3 is 2.70 bits per heavy atom. The van der Waals surface area contributed by atoms with Crippen LogP contribution in [0.25, 0.3) is 16.6 Å². The zero-order valence-corrected chi connectivity index (χ0v) is 18.6. The van der Waals surface area contributed by atoms with Crippen LogP contribution in [0.3, 0.4) is 0 Å². The number of thiazole rings is 1. The molecular weight excluding hydrogens is 392 g/mol. The molecule has 2 atom stereocenters. The molecule has 1 aromatic carbocycles. The second-order valence-corrected chi connectivity index (χ2v) is 9.70. The molecule has 30 heavy (non-hydrogen) atoms. The number of rotatable bonds is 3. The van der Waals surface area contributed by atoms with E-state index in [9.17, 15) is 4.79 Å². The van der Waals surface area contributed by atoms with Crippen LogP contribution in [-0.4, -0.2) is 40.3 Å². The molecule has 0 amide bonds. The number of carbonyl (C=O) groups is 1. The van der Waals surface area contributed by atoms with Gasteiger partial charge in [-0.2, -0.15) is 0 Å². The molecule has 0 spiro atoms. The monoisotopic (exact) mass is 420 g/mol. The Bertz CT molecular complexity index is 1100. The van der Waals surface area contributed by atoms with Crippen molar-refractivity contribution < 1.29 is 4.79 Å². The minimum absolute atomic E-state index is 0.179. The Balaban J connectivity index is 1.48. The fraction of sp³-hybridized carbons (Fsp3) is 0.417. The lowest BCUT2D eigenvalue weighted by Crippen LogP contribution is -2.54. The molecule has 1 saturated heterocycles. The fourth-order valence-corrected chi connectivity index (χ4v) is 5.56. The second-order valence-electron chi connectivity index (χ2n) is 8.61. The number of aryl methyl sites for hydroxylation is 2. The lowest BCUT2D eigenvalue weighted by molar-refractivity contribution is -0.113. The third kappa shape index (κ3) is 3.59. The Kier molecular flexibility index (Phi) is 4.99. The van der Waals surface area contributed by atoms with Crippen molar-refractivity contribution in [3.05, 3.63) is 52.3 Å². The number of carbonyl (C=O) groups excluding carboxylic acids is 1. The van der Waals surface area contributed by atoms with E-state index in [1.807, 2.05) is 12.3 Å². The first kappa shape index (κ1) is 19.5. The van der Waals surface area contributed by atoms with Crippen molar-refractivity contribution in [1.29, 1.82) is 0 Å². The third-order valence-corrected chi connectivity index (χ3v) is 7.24. The topological polar surface area (TPSA) is 49.6 Å². The summed E-state index contributed by atoms with van der Waals surface area (Å²) in [5.74, 6) is 0.179. The summed E-state index contributed by atoms with van der Waals surface area (Å²) < 4.78 is 2.05. The fourth-order valence-electron chi connectivity index (χ4n) is 4.66. The first-order valence-electron chi connectivity index (χ1n) is 10.9. The number of anilines is 1. The van der Waals surface area contributed by atoms with Crippen molar-refractivity contribution in [3.8, 4) is 0 Å². The predicted octanol–water partition coefficient (Wildman–Crippen LogP) is 4.20. The van der Waals surface area contributed by atoms with Crippen LogP contribution in [0.2, 0.25) is 0 Å². The first-order chi connectivity index (χ1) is 14.5. The van der Waals surface area contributed by atoms with E-state index in [2.05, 4.69) is 59.8 Å². The van der Waals surface area contributed by atoms with Crippen molar-refractivity contribution in [2.45, 2.75) is 52.1 Å². The summed E-state index contributed by atoms with van der Waals surface area (Å²) in [5.41, 5.74) is 5.17. The highest BCUT2D eigenvalue weighted by Crippen LogP contribution is 2.31. The summed E-state index contributed by atoms with van der Waals surface area (Å²) in [5, 5.41) is 3.59. The van der Waals surface area contributed by atoms with E-state index >= 15 is 0 Å². The van der Waals surface area contributed by atoms with Crippen LogP contribution in [0.15, 0.2) is 30.6 Å². The zero-order chi connectivity index (χ0) is 20.8. The van der Waals surface area contributed by atoms with Crippen molar-refractivity contribution in [1.82, 2.24) is 14.7 Å². The SMILES string of the molecule is CCc1cn2cc(C3=Cc4ccc(N5C[C@@H](C)N[C@@H](C)C5)cc4CCC3=O)nc2s1. The van der Waals surface area contributed by atoms with Crippen LogP contribution in [0.1, 0.15) is 48.9 Å². The minimum atomic E-state index is 0.179. The van der Waals surface area contributed by atoms with Gasteiger partial charge in [0.2, 0.25) is 0 Å². The van der Waals surface area contributed by atoms with Gasteiger partial charge < -0.3 is 10.2 Å². The largest absolute Gasteiger partial charge is 0.368 e. The minimum Gasteiger partial charge on any atom is -0.368 e. The number of hydrogen-bond donors (Lipinski definition) is 1. The van der Waals surface area contributed by atoms with E-state index in [0.29, 0.717) is 18.5 Å². The summed E-state index contributed by atoms with van der Waals surface area (Å²) in [6.07, 6.45) is 8.48. The van der Waals surface area contributed by atoms with Crippen molar-refractivity contribution in [3.63, 3.8) is 0 Å². The molecule has 2 aliphatic rings. The number of ketones is 1. The molecule has 6 heteroatoms. The number of allylic oxidation sites excluding steroid dienone is 1. The highest BCUT2D eigenvalue weighted by Gasteiger charge is 2.24. The van der Waals surface area contributed by atoms with Crippen molar-refractivity contribution >= 4 is 39.4 Å². The van der Waals surface area contributed by atoms with E-state index in [0.717, 1.165) is 47.7 Å². The number of Topliss-reactive ketones (excluding diaryl/α,β-unsaturated/α-hetero) is 1. The van der Waals surface area contributed by atoms with Crippen molar-refractivity contribution in [2.24, 2.45) is 0 Å². The number of nitrogens with zero attached hydrogens (tertiary/aromatic N) is 3. The number of piperazine rings is 1. The molecule has 0 saturated carbocycles. The van der Waals surface area contributed by atoms with Gasteiger partial charge in [0.25, 0.3) is 0 Å². The smallest absolute Gasteiger partial charge is 0.194 e. The Morgan fingerprint density at radius 2 is 1.97 bits per heavy atom. The summed E-state index contributed by atoms with van der Waals surface area (Å²) in [6.45, 7) is 8.64. The molecule has 2 aromatic heterocycles. The van der Waals surface area contributed by atoms with Gasteiger partial charge >= 0.3 is 0 Å². The number of hydrogen-bond acceptors (Lipinski definition) is 5. The van der Waals surface area contributed by atoms with Gasteiger partial charge in [-0.3, -0.25) is 9.20 Å². The molecule has 1 aliphatic heterocycles. The predicted molar refractivity (Wildman–Crippen MR) is 124 cm³/mol. The number of imidazole rings is 1. The average Bonchev–Trinajstić information content (AvgIpc) is 3.23. The molecule has 3 aromatic rings.